The summed E-state index contributed by atoms with van der Waals surface area (Å²) in [4.78, 5) is 16.7. The Labute approximate surface area is 142 Å². The lowest BCUT2D eigenvalue weighted by Gasteiger charge is -2.13. The van der Waals surface area contributed by atoms with Crippen molar-refractivity contribution in [3.63, 3.8) is 0 Å². The molecule has 4 rings (SSSR count). The first kappa shape index (κ1) is 14.8. The zero-order valence-electron chi connectivity index (χ0n) is 12.7. The maximum absolute atomic E-state index is 12.2. The second-order valence-corrected chi connectivity index (χ2v) is 5.87. The molecule has 0 spiro atoms. The van der Waals surface area contributed by atoms with E-state index >= 15 is 0 Å². The van der Waals surface area contributed by atoms with Crippen LogP contribution in [0.3, 0.4) is 0 Å². The van der Waals surface area contributed by atoms with Gasteiger partial charge in [0, 0.05) is 22.0 Å². The molecule has 0 unspecified atom stereocenters. The van der Waals surface area contributed by atoms with Crippen molar-refractivity contribution in [2.24, 2.45) is 0 Å². The molecule has 0 amide bonds. The van der Waals surface area contributed by atoms with Crippen molar-refractivity contribution >= 4 is 28.5 Å². The molecule has 0 atom stereocenters. The molecule has 6 heteroatoms. The highest BCUT2D eigenvalue weighted by Crippen LogP contribution is 2.40. The van der Waals surface area contributed by atoms with Gasteiger partial charge in [-0.05, 0) is 23.8 Å². The monoisotopic (exact) mass is 341 g/mol. The Morgan fingerprint density at radius 2 is 2.08 bits per heavy atom. The number of carbonyl (C=O) groups is 1. The molecule has 1 N–H and O–H groups in total. The minimum atomic E-state index is -0.415. The largest absolute Gasteiger partial charge is 0.504 e. The topological polar surface area (TPSA) is 68.7 Å². The number of esters is 1. The molecule has 1 aliphatic heterocycles. The Morgan fingerprint density at radius 3 is 2.83 bits per heavy atom. The summed E-state index contributed by atoms with van der Waals surface area (Å²) in [5.74, 6) is -0.125. The fourth-order valence-electron chi connectivity index (χ4n) is 2.97. The molecule has 3 aromatic rings. The van der Waals surface area contributed by atoms with Crippen molar-refractivity contribution in [1.29, 1.82) is 0 Å². The van der Waals surface area contributed by atoms with Crippen LogP contribution in [0.2, 0.25) is 5.02 Å². The lowest BCUT2D eigenvalue weighted by atomic mass is 9.94. The number of methoxy groups -OCH3 is 1. The molecular weight excluding hydrogens is 330 g/mol. The summed E-state index contributed by atoms with van der Waals surface area (Å²) < 4.78 is 10.3. The third-order valence-corrected chi connectivity index (χ3v) is 4.25. The van der Waals surface area contributed by atoms with Crippen LogP contribution in [0.25, 0.3) is 22.0 Å². The highest BCUT2D eigenvalue weighted by molar-refractivity contribution is 6.31. The van der Waals surface area contributed by atoms with Crippen LogP contribution in [0, 0.1) is 0 Å². The summed E-state index contributed by atoms with van der Waals surface area (Å²) in [5, 5.41) is 11.3. The highest BCUT2D eigenvalue weighted by atomic mass is 35.5. The second kappa shape index (κ2) is 5.39. The predicted octanol–water partition coefficient (Wildman–Crippen LogP) is 3.94. The normalized spacial score (nSPS) is 13.0. The average Bonchev–Trinajstić information content (AvgIpc) is 2.93. The zero-order chi connectivity index (χ0) is 16.8. The van der Waals surface area contributed by atoms with Crippen molar-refractivity contribution in [2.75, 3.05) is 7.11 Å². The Hall–Kier alpha value is -2.79. The van der Waals surface area contributed by atoms with E-state index in [9.17, 15) is 9.90 Å². The van der Waals surface area contributed by atoms with E-state index in [2.05, 4.69) is 4.98 Å². The van der Waals surface area contributed by atoms with Crippen LogP contribution in [-0.4, -0.2) is 23.2 Å². The molecule has 0 saturated carbocycles. The van der Waals surface area contributed by atoms with Crippen LogP contribution in [0.15, 0.2) is 36.4 Å². The van der Waals surface area contributed by atoms with E-state index in [1.54, 1.807) is 18.2 Å². The van der Waals surface area contributed by atoms with Crippen LogP contribution in [0.4, 0.5) is 0 Å². The maximum Gasteiger partial charge on any atom is 0.341 e. The maximum atomic E-state index is 12.2. The van der Waals surface area contributed by atoms with Gasteiger partial charge in [0.1, 0.15) is 6.61 Å². The summed E-state index contributed by atoms with van der Waals surface area (Å²) in [6, 6.07) is 10.4. The number of phenolic OH excluding ortho intramolecular Hbond substituents is 1. The van der Waals surface area contributed by atoms with E-state index < -0.39 is 5.97 Å². The molecule has 24 heavy (non-hydrogen) atoms. The molecule has 0 radical (unpaired) electrons. The quantitative estimate of drug-likeness (QED) is 0.715. The SMILES string of the molecule is COc1cc2c(-c3cccc(Cl)c3)c3c(nc2cc1O)COC3=O. The van der Waals surface area contributed by atoms with Crippen molar-refractivity contribution in [1.82, 2.24) is 4.98 Å². The van der Waals surface area contributed by atoms with Gasteiger partial charge in [-0.15, -0.1) is 0 Å². The number of aromatic hydroxyl groups is 1. The first-order valence-corrected chi connectivity index (χ1v) is 7.63. The van der Waals surface area contributed by atoms with E-state index in [4.69, 9.17) is 21.1 Å². The molecule has 2 aromatic carbocycles. The van der Waals surface area contributed by atoms with Gasteiger partial charge in [0.15, 0.2) is 11.5 Å². The number of phenols is 1. The predicted molar refractivity (Wildman–Crippen MR) is 89.5 cm³/mol. The van der Waals surface area contributed by atoms with Crippen molar-refractivity contribution in [3.05, 3.63) is 52.7 Å². The molecule has 1 aliphatic rings. The van der Waals surface area contributed by atoms with Crippen molar-refractivity contribution in [3.8, 4) is 22.6 Å². The summed E-state index contributed by atoms with van der Waals surface area (Å²) >= 11 is 6.12. The Bertz CT molecular complexity index is 1000. The van der Waals surface area contributed by atoms with Gasteiger partial charge in [-0.3, -0.25) is 0 Å². The van der Waals surface area contributed by atoms with E-state index in [1.807, 2.05) is 12.1 Å². The lowest BCUT2D eigenvalue weighted by Crippen LogP contribution is -2.01. The van der Waals surface area contributed by atoms with Crippen LogP contribution >= 0.6 is 11.6 Å². The number of ether oxygens (including phenoxy) is 2. The number of halogens is 1. The van der Waals surface area contributed by atoms with Crippen molar-refractivity contribution < 1.29 is 19.4 Å². The van der Waals surface area contributed by atoms with Gasteiger partial charge in [-0.2, -0.15) is 0 Å². The molecule has 0 aliphatic carbocycles. The number of hydrogen-bond acceptors (Lipinski definition) is 5. The molecule has 120 valence electrons. The first-order chi connectivity index (χ1) is 11.6. The number of aromatic nitrogens is 1. The zero-order valence-corrected chi connectivity index (χ0v) is 13.4. The smallest absolute Gasteiger partial charge is 0.341 e. The van der Waals surface area contributed by atoms with Gasteiger partial charge in [0.05, 0.1) is 23.9 Å². The number of fused-ring (bicyclic) bond motifs is 2. The third kappa shape index (κ3) is 2.17. The van der Waals surface area contributed by atoms with E-state index in [0.717, 1.165) is 5.56 Å². The molecule has 0 saturated heterocycles. The van der Waals surface area contributed by atoms with Crippen LogP contribution in [0.5, 0.6) is 11.5 Å². The number of pyridine rings is 1. The Morgan fingerprint density at radius 1 is 1.25 bits per heavy atom. The second-order valence-electron chi connectivity index (χ2n) is 5.44. The van der Waals surface area contributed by atoms with Gasteiger partial charge in [-0.25, -0.2) is 9.78 Å². The molecule has 5 nitrogen and oxygen atoms in total. The van der Waals surface area contributed by atoms with Gasteiger partial charge < -0.3 is 14.6 Å². The fourth-order valence-corrected chi connectivity index (χ4v) is 3.16. The summed E-state index contributed by atoms with van der Waals surface area (Å²) in [7, 11) is 1.47. The Kier molecular flexibility index (Phi) is 3.32. The van der Waals surface area contributed by atoms with Gasteiger partial charge in [0.2, 0.25) is 0 Å². The van der Waals surface area contributed by atoms with Gasteiger partial charge >= 0.3 is 5.97 Å². The van der Waals surface area contributed by atoms with Gasteiger partial charge in [0.25, 0.3) is 0 Å². The number of cyclic esters (lactones) is 1. The first-order valence-electron chi connectivity index (χ1n) is 7.25. The number of nitrogens with zero attached hydrogens (tertiary/aromatic N) is 1. The van der Waals surface area contributed by atoms with Crippen LogP contribution in [0.1, 0.15) is 16.1 Å². The minimum Gasteiger partial charge on any atom is -0.504 e. The van der Waals surface area contributed by atoms with Gasteiger partial charge in [-0.1, -0.05) is 23.7 Å². The van der Waals surface area contributed by atoms with E-state index in [1.165, 1.54) is 13.2 Å². The van der Waals surface area contributed by atoms with E-state index in [-0.39, 0.29) is 12.4 Å². The molecule has 0 bridgehead atoms. The standard InChI is InChI=1S/C18H12ClNO4/c1-23-15-6-11-12(7-14(15)21)20-13-8-24-18(22)17(13)16(11)9-3-2-4-10(19)5-9/h2-7,21H,8H2,1H3. The number of benzene rings is 2. The molecule has 0 fully saturated rings. The summed E-state index contributed by atoms with van der Waals surface area (Å²) in [6.45, 7) is 0.116. The van der Waals surface area contributed by atoms with Crippen molar-refractivity contribution in [2.45, 2.75) is 6.61 Å². The summed E-state index contributed by atoms with van der Waals surface area (Å²) in [5.41, 5.74) is 2.99. The van der Waals surface area contributed by atoms with E-state index in [0.29, 0.717) is 38.5 Å². The van der Waals surface area contributed by atoms with Crippen LogP contribution in [-0.2, 0) is 11.3 Å². The highest BCUT2D eigenvalue weighted by Gasteiger charge is 2.29. The molecule has 2 heterocycles. The van der Waals surface area contributed by atoms with Crippen LogP contribution < -0.4 is 4.74 Å². The minimum absolute atomic E-state index is 0.0141. The number of rotatable bonds is 2. The molecule has 1 aromatic heterocycles. The fraction of sp³-hybridized carbons (Fsp3) is 0.111. The lowest BCUT2D eigenvalue weighted by molar-refractivity contribution is 0.0534. The Balaban J connectivity index is 2.15. The molecular formula is C18H12ClNO4. The number of carbonyl (C=O) groups excluding carboxylic acids is 1. The number of hydrogen-bond donors (Lipinski definition) is 1. The summed E-state index contributed by atoms with van der Waals surface area (Å²) in [6.07, 6.45) is 0. The third-order valence-electron chi connectivity index (χ3n) is 4.02. The average molecular weight is 342 g/mol.